The highest BCUT2D eigenvalue weighted by molar-refractivity contribution is 7.98. The smallest absolute Gasteiger partial charge is 0.242 e. The Labute approximate surface area is 173 Å². The minimum Gasteiger partial charge on any atom is -0.325 e. The van der Waals surface area contributed by atoms with E-state index in [4.69, 9.17) is 23.2 Å². The second kappa shape index (κ2) is 9.80. The number of hydrogen-bond donors (Lipinski definition) is 2. The Balaban J connectivity index is 2.18. The monoisotopic (exact) mass is 446 g/mol. The summed E-state index contributed by atoms with van der Waals surface area (Å²) in [6.45, 7) is 1.86. The molecule has 5 nitrogen and oxygen atoms in total. The average Bonchev–Trinajstić information content (AvgIpc) is 2.62. The number of aryl methyl sites for hydroxylation is 1. The molecule has 2 aromatic carbocycles. The van der Waals surface area contributed by atoms with Gasteiger partial charge >= 0.3 is 0 Å². The van der Waals surface area contributed by atoms with Gasteiger partial charge in [-0.2, -0.15) is 16.5 Å². The van der Waals surface area contributed by atoms with Gasteiger partial charge in [0.05, 0.1) is 4.90 Å². The van der Waals surface area contributed by atoms with Crippen LogP contribution in [0, 0.1) is 6.92 Å². The van der Waals surface area contributed by atoms with Crippen molar-refractivity contribution in [3.8, 4) is 0 Å². The molecule has 0 bridgehead atoms. The van der Waals surface area contributed by atoms with E-state index >= 15 is 0 Å². The number of hydrogen-bond acceptors (Lipinski definition) is 4. The predicted molar refractivity (Wildman–Crippen MR) is 113 cm³/mol. The molecule has 0 spiro atoms. The molecule has 0 radical (unpaired) electrons. The van der Waals surface area contributed by atoms with Gasteiger partial charge in [-0.3, -0.25) is 4.79 Å². The molecule has 9 heteroatoms. The Kier molecular flexibility index (Phi) is 8.00. The molecular formula is C18H20Cl2N2O3S2. The summed E-state index contributed by atoms with van der Waals surface area (Å²) in [6.07, 6.45) is 2.24. The van der Waals surface area contributed by atoms with Crippen LogP contribution in [0.5, 0.6) is 0 Å². The van der Waals surface area contributed by atoms with Gasteiger partial charge < -0.3 is 5.32 Å². The summed E-state index contributed by atoms with van der Waals surface area (Å²) < 4.78 is 27.7. The molecule has 1 atom stereocenters. The van der Waals surface area contributed by atoms with Gasteiger partial charge in [-0.05, 0) is 67.3 Å². The van der Waals surface area contributed by atoms with Gasteiger partial charge in [0.1, 0.15) is 6.04 Å². The summed E-state index contributed by atoms with van der Waals surface area (Å²) in [5.41, 5.74) is 1.40. The molecule has 146 valence electrons. The lowest BCUT2D eigenvalue weighted by Crippen LogP contribution is -2.44. The van der Waals surface area contributed by atoms with Gasteiger partial charge in [0.15, 0.2) is 0 Å². The molecule has 0 aliphatic heterocycles. The number of nitrogens with one attached hydrogen (secondary N) is 2. The van der Waals surface area contributed by atoms with Crippen LogP contribution in [0.2, 0.25) is 10.0 Å². The zero-order valence-corrected chi connectivity index (χ0v) is 18.0. The number of rotatable bonds is 8. The van der Waals surface area contributed by atoms with Crippen molar-refractivity contribution in [2.45, 2.75) is 24.3 Å². The fourth-order valence-electron chi connectivity index (χ4n) is 2.25. The zero-order chi connectivity index (χ0) is 20.0. The summed E-state index contributed by atoms with van der Waals surface area (Å²) >= 11 is 13.4. The molecule has 0 aliphatic rings. The van der Waals surface area contributed by atoms with E-state index in [-0.39, 0.29) is 4.90 Å². The molecule has 1 amide bonds. The third-order valence-electron chi connectivity index (χ3n) is 3.79. The van der Waals surface area contributed by atoms with Crippen molar-refractivity contribution in [1.82, 2.24) is 4.72 Å². The number of sulfonamides is 1. The maximum Gasteiger partial charge on any atom is 0.242 e. The van der Waals surface area contributed by atoms with E-state index in [1.54, 1.807) is 18.2 Å². The minimum absolute atomic E-state index is 0.0484. The van der Waals surface area contributed by atoms with Crippen LogP contribution in [-0.2, 0) is 14.8 Å². The maximum absolute atomic E-state index is 12.7. The van der Waals surface area contributed by atoms with Crippen molar-refractivity contribution in [3.05, 3.63) is 58.1 Å². The quantitative estimate of drug-likeness (QED) is 0.631. The topological polar surface area (TPSA) is 75.3 Å². The van der Waals surface area contributed by atoms with Gasteiger partial charge in [-0.1, -0.05) is 29.3 Å². The third-order valence-corrected chi connectivity index (χ3v) is 6.58. The molecule has 0 saturated carbocycles. The van der Waals surface area contributed by atoms with Gasteiger partial charge in [0.25, 0.3) is 0 Å². The molecule has 2 N–H and O–H groups in total. The number of carbonyl (C=O) groups is 1. The van der Waals surface area contributed by atoms with Crippen molar-refractivity contribution in [3.63, 3.8) is 0 Å². The summed E-state index contributed by atoms with van der Waals surface area (Å²) in [4.78, 5) is 12.7. The largest absolute Gasteiger partial charge is 0.325 e. The first-order valence-corrected chi connectivity index (χ1v) is 11.7. The van der Waals surface area contributed by atoms with Crippen molar-refractivity contribution in [2.24, 2.45) is 0 Å². The van der Waals surface area contributed by atoms with Crippen LogP contribution in [0.15, 0.2) is 47.4 Å². The van der Waals surface area contributed by atoms with Crippen molar-refractivity contribution in [1.29, 1.82) is 0 Å². The Bertz CT molecular complexity index is 903. The Morgan fingerprint density at radius 2 is 1.81 bits per heavy atom. The van der Waals surface area contributed by atoms with Gasteiger partial charge in [-0.25, -0.2) is 8.42 Å². The lowest BCUT2D eigenvalue weighted by Gasteiger charge is -2.18. The second-order valence-electron chi connectivity index (χ2n) is 5.86. The van der Waals surface area contributed by atoms with E-state index in [0.29, 0.717) is 27.9 Å². The summed E-state index contributed by atoms with van der Waals surface area (Å²) in [5, 5.41) is 3.68. The van der Waals surface area contributed by atoms with Crippen LogP contribution in [0.4, 0.5) is 5.69 Å². The SMILES string of the molecule is CSCCC(NS(=O)(=O)c1ccc(Cl)cc1)C(=O)Nc1ccc(C)c(Cl)c1. The van der Waals surface area contributed by atoms with Gasteiger partial charge in [0, 0.05) is 15.7 Å². The third kappa shape index (κ3) is 6.40. The van der Waals surface area contributed by atoms with Gasteiger partial charge in [0.2, 0.25) is 15.9 Å². The number of thioether (sulfide) groups is 1. The van der Waals surface area contributed by atoms with Crippen LogP contribution in [0.3, 0.4) is 0 Å². The fourth-order valence-corrected chi connectivity index (χ4v) is 4.26. The van der Waals surface area contributed by atoms with Crippen molar-refractivity contribution in [2.75, 3.05) is 17.3 Å². The molecule has 0 heterocycles. The number of amides is 1. The molecule has 0 saturated heterocycles. The predicted octanol–water partition coefficient (Wildman–Crippen LogP) is 4.34. The average molecular weight is 447 g/mol. The summed E-state index contributed by atoms with van der Waals surface area (Å²) in [6, 6.07) is 9.99. The summed E-state index contributed by atoms with van der Waals surface area (Å²) in [7, 11) is -3.86. The maximum atomic E-state index is 12.7. The van der Waals surface area contributed by atoms with Crippen LogP contribution >= 0.6 is 35.0 Å². The molecule has 1 unspecified atom stereocenters. The minimum atomic E-state index is -3.86. The molecule has 0 aliphatic carbocycles. The molecule has 27 heavy (non-hydrogen) atoms. The van der Waals surface area contributed by atoms with E-state index in [0.717, 1.165) is 5.56 Å². The zero-order valence-electron chi connectivity index (χ0n) is 14.8. The number of anilines is 1. The molecule has 2 aromatic rings. The van der Waals surface area contributed by atoms with Crippen LogP contribution < -0.4 is 10.0 Å². The Morgan fingerprint density at radius 1 is 1.15 bits per heavy atom. The summed E-state index contributed by atoms with van der Waals surface area (Å²) in [5.74, 6) is 0.178. The molecule has 0 fully saturated rings. The van der Waals surface area contributed by atoms with E-state index in [9.17, 15) is 13.2 Å². The fraction of sp³-hybridized carbons (Fsp3) is 0.278. The van der Waals surface area contributed by atoms with E-state index in [2.05, 4.69) is 10.0 Å². The standard InChI is InChI=1S/C18H20Cl2N2O3S2/c1-12-3-6-14(11-16(12)20)21-18(23)17(9-10-26-2)22-27(24,25)15-7-4-13(19)5-8-15/h3-8,11,17,22H,9-10H2,1-2H3,(H,21,23). The molecular weight excluding hydrogens is 427 g/mol. The van der Waals surface area contributed by atoms with Crippen molar-refractivity contribution < 1.29 is 13.2 Å². The van der Waals surface area contributed by atoms with Gasteiger partial charge in [-0.15, -0.1) is 0 Å². The Hall–Kier alpha value is -1.25. The highest BCUT2D eigenvalue weighted by atomic mass is 35.5. The number of benzene rings is 2. The van der Waals surface area contributed by atoms with Crippen LogP contribution in [0.1, 0.15) is 12.0 Å². The lowest BCUT2D eigenvalue weighted by atomic mass is 10.2. The normalized spacial score (nSPS) is 12.6. The molecule has 0 aromatic heterocycles. The lowest BCUT2D eigenvalue weighted by molar-refractivity contribution is -0.117. The first-order chi connectivity index (χ1) is 12.7. The Morgan fingerprint density at radius 3 is 2.41 bits per heavy atom. The highest BCUT2D eigenvalue weighted by Crippen LogP contribution is 2.21. The number of halogens is 2. The number of carbonyl (C=O) groups excluding carboxylic acids is 1. The van der Waals surface area contributed by atoms with Crippen LogP contribution in [0.25, 0.3) is 0 Å². The molecule has 2 rings (SSSR count). The van der Waals surface area contributed by atoms with E-state index < -0.39 is 22.0 Å². The first kappa shape index (κ1) is 22.0. The van der Waals surface area contributed by atoms with E-state index in [1.165, 1.54) is 36.0 Å². The van der Waals surface area contributed by atoms with Crippen molar-refractivity contribution >= 4 is 56.6 Å². The first-order valence-electron chi connectivity index (χ1n) is 8.07. The van der Waals surface area contributed by atoms with Crippen LogP contribution in [-0.4, -0.2) is 32.4 Å². The highest BCUT2D eigenvalue weighted by Gasteiger charge is 2.25. The van der Waals surface area contributed by atoms with E-state index in [1.807, 2.05) is 13.2 Å². The second-order valence-corrected chi connectivity index (χ2v) is 9.41.